The highest BCUT2D eigenvalue weighted by molar-refractivity contribution is 5.80. The van der Waals surface area contributed by atoms with E-state index in [9.17, 15) is 9.90 Å². The molecule has 0 saturated heterocycles. The average molecular weight is 296 g/mol. The van der Waals surface area contributed by atoms with Crippen LogP contribution in [0.2, 0.25) is 0 Å². The molecular weight excluding hydrogens is 264 g/mol. The average Bonchev–Trinajstić information content (AvgIpc) is 3.20. The van der Waals surface area contributed by atoms with Crippen molar-refractivity contribution in [2.45, 2.75) is 65.0 Å². The van der Waals surface area contributed by atoms with E-state index in [2.05, 4.69) is 37.9 Å². The fourth-order valence-electron chi connectivity index (χ4n) is 3.35. The number of nitrogens with zero attached hydrogens (tertiary/aromatic N) is 1. The Morgan fingerprint density at radius 3 is 2.00 bits per heavy atom. The number of nitrogens with one attached hydrogen (secondary N) is 1. The second-order valence-corrected chi connectivity index (χ2v) is 7.95. The molecule has 2 saturated carbocycles. The summed E-state index contributed by atoms with van der Waals surface area (Å²) in [4.78, 5) is 14.5. The molecule has 0 amide bonds. The normalized spacial score (nSPS) is 22.0. The first kappa shape index (κ1) is 16.8. The minimum atomic E-state index is -0.717. The van der Waals surface area contributed by atoms with E-state index in [0.29, 0.717) is 30.3 Å². The van der Waals surface area contributed by atoms with Crippen LogP contribution in [0.25, 0.3) is 0 Å². The van der Waals surface area contributed by atoms with Gasteiger partial charge in [-0.2, -0.15) is 0 Å². The van der Waals surface area contributed by atoms with Crippen molar-refractivity contribution in [3.63, 3.8) is 0 Å². The molecule has 0 aromatic heterocycles. The Hall–Kier alpha value is -0.610. The number of aliphatic carboxylic acids is 1. The fourth-order valence-corrected chi connectivity index (χ4v) is 3.35. The topological polar surface area (TPSA) is 52.6 Å². The van der Waals surface area contributed by atoms with Crippen LogP contribution in [-0.2, 0) is 4.79 Å². The standard InChI is InChI=1S/C17H32N2O2/c1-12(2)9-19(10-13(3)4)11-17(16(20)21,14-5-6-14)18-15-7-8-15/h12-15,18H,5-11H2,1-4H3,(H,20,21). The van der Waals surface area contributed by atoms with E-state index in [1.165, 1.54) is 0 Å². The number of hydrogen-bond acceptors (Lipinski definition) is 3. The lowest BCUT2D eigenvalue weighted by atomic mass is 9.91. The van der Waals surface area contributed by atoms with E-state index in [0.717, 1.165) is 38.8 Å². The summed E-state index contributed by atoms with van der Waals surface area (Å²) < 4.78 is 0. The van der Waals surface area contributed by atoms with Gasteiger partial charge in [0.2, 0.25) is 0 Å². The molecule has 0 radical (unpaired) electrons. The van der Waals surface area contributed by atoms with E-state index in [-0.39, 0.29) is 0 Å². The molecule has 1 atom stereocenters. The van der Waals surface area contributed by atoms with Gasteiger partial charge in [-0.05, 0) is 43.4 Å². The van der Waals surface area contributed by atoms with E-state index in [1.807, 2.05) is 0 Å². The Kier molecular flexibility index (Phi) is 5.31. The summed E-state index contributed by atoms with van der Waals surface area (Å²) in [6.45, 7) is 11.4. The van der Waals surface area contributed by atoms with Crippen molar-refractivity contribution in [1.29, 1.82) is 0 Å². The highest BCUT2D eigenvalue weighted by atomic mass is 16.4. The van der Waals surface area contributed by atoms with Crippen LogP contribution in [0.15, 0.2) is 0 Å². The van der Waals surface area contributed by atoms with Gasteiger partial charge in [-0.25, -0.2) is 0 Å². The second kappa shape index (κ2) is 6.66. The van der Waals surface area contributed by atoms with Crippen molar-refractivity contribution in [3.8, 4) is 0 Å². The maximum Gasteiger partial charge on any atom is 0.325 e. The molecule has 0 heterocycles. The zero-order chi connectivity index (χ0) is 15.6. The molecule has 2 fully saturated rings. The van der Waals surface area contributed by atoms with Gasteiger partial charge in [0.05, 0.1) is 0 Å². The van der Waals surface area contributed by atoms with Crippen LogP contribution in [0.3, 0.4) is 0 Å². The third-order valence-electron chi connectivity index (χ3n) is 4.41. The summed E-state index contributed by atoms with van der Waals surface area (Å²) in [6.07, 6.45) is 4.39. The van der Waals surface area contributed by atoms with Crippen LogP contribution in [0, 0.1) is 17.8 Å². The summed E-state index contributed by atoms with van der Waals surface area (Å²) >= 11 is 0. The SMILES string of the molecule is CC(C)CN(CC(C)C)CC(NC1CC1)(C(=O)O)C1CC1. The van der Waals surface area contributed by atoms with Gasteiger partial charge in [0.1, 0.15) is 5.54 Å². The third-order valence-corrected chi connectivity index (χ3v) is 4.41. The predicted octanol–water partition coefficient (Wildman–Crippen LogP) is 2.59. The lowest BCUT2D eigenvalue weighted by Gasteiger charge is -2.38. The van der Waals surface area contributed by atoms with Crippen LogP contribution in [-0.4, -0.2) is 47.2 Å². The zero-order valence-electron chi connectivity index (χ0n) is 14.1. The lowest BCUT2D eigenvalue weighted by molar-refractivity contribution is -0.147. The number of hydrogen-bond donors (Lipinski definition) is 2. The molecule has 4 nitrogen and oxygen atoms in total. The Morgan fingerprint density at radius 2 is 1.67 bits per heavy atom. The lowest BCUT2D eigenvalue weighted by Crippen LogP contribution is -2.62. The number of carbonyl (C=O) groups is 1. The van der Waals surface area contributed by atoms with Crippen molar-refractivity contribution >= 4 is 5.97 Å². The van der Waals surface area contributed by atoms with Gasteiger partial charge in [-0.1, -0.05) is 27.7 Å². The first-order valence-corrected chi connectivity index (χ1v) is 8.57. The Morgan fingerprint density at radius 1 is 1.14 bits per heavy atom. The maximum atomic E-state index is 12.1. The maximum absolute atomic E-state index is 12.1. The molecular formula is C17H32N2O2. The van der Waals surface area contributed by atoms with Crippen molar-refractivity contribution in [2.75, 3.05) is 19.6 Å². The van der Waals surface area contributed by atoms with Gasteiger partial charge in [0.15, 0.2) is 0 Å². The van der Waals surface area contributed by atoms with Gasteiger partial charge in [-0.15, -0.1) is 0 Å². The van der Waals surface area contributed by atoms with Crippen LogP contribution in [0.5, 0.6) is 0 Å². The van der Waals surface area contributed by atoms with Crippen molar-refractivity contribution in [1.82, 2.24) is 10.2 Å². The summed E-state index contributed by atoms with van der Waals surface area (Å²) in [5.41, 5.74) is -0.717. The molecule has 2 aliphatic rings. The van der Waals surface area contributed by atoms with Crippen LogP contribution < -0.4 is 5.32 Å². The van der Waals surface area contributed by atoms with Gasteiger partial charge in [-0.3, -0.25) is 10.1 Å². The number of carboxylic acids is 1. The van der Waals surface area contributed by atoms with Gasteiger partial charge in [0, 0.05) is 25.7 Å². The third kappa shape index (κ3) is 4.68. The van der Waals surface area contributed by atoms with Crippen molar-refractivity contribution in [3.05, 3.63) is 0 Å². The van der Waals surface area contributed by atoms with Gasteiger partial charge in [0.25, 0.3) is 0 Å². The number of rotatable bonds is 10. The van der Waals surface area contributed by atoms with E-state index in [4.69, 9.17) is 0 Å². The molecule has 0 aromatic carbocycles. The molecule has 1 unspecified atom stereocenters. The number of carboxylic acid groups (broad SMARTS) is 1. The Balaban J connectivity index is 2.11. The molecule has 0 aromatic rings. The molecule has 0 aliphatic heterocycles. The highest BCUT2D eigenvalue weighted by Gasteiger charge is 2.53. The minimum absolute atomic E-state index is 0.317. The molecule has 2 N–H and O–H groups in total. The zero-order valence-corrected chi connectivity index (χ0v) is 14.1. The smallest absolute Gasteiger partial charge is 0.325 e. The highest BCUT2D eigenvalue weighted by Crippen LogP contribution is 2.42. The molecule has 4 heteroatoms. The van der Waals surface area contributed by atoms with Crippen LogP contribution >= 0.6 is 0 Å². The first-order chi connectivity index (χ1) is 9.83. The largest absolute Gasteiger partial charge is 0.480 e. The van der Waals surface area contributed by atoms with Crippen LogP contribution in [0.1, 0.15) is 53.4 Å². The second-order valence-electron chi connectivity index (χ2n) is 7.95. The summed E-state index contributed by atoms with van der Waals surface area (Å²) in [6, 6.07) is 0.432. The Labute approximate surface area is 129 Å². The Bertz CT molecular complexity index is 352. The van der Waals surface area contributed by atoms with E-state index < -0.39 is 11.5 Å². The minimum Gasteiger partial charge on any atom is -0.480 e. The molecule has 0 bridgehead atoms. The van der Waals surface area contributed by atoms with Gasteiger partial charge >= 0.3 is 5.97 Å². The molecule has 21 heavy (non-hydrogen) atoms. The summed E-state index contributed by atoms with van der Waals surface area (Å²) in [5, 5.41) is 13.4. The summed E-state index contributed by atoms with van der Waals surface area (Å²) in [7, 11) is 0. The van der Waals surface area contributed by atoms with Gasteiger partial charge < -0.3 is 10.0 Å². The fraction of sp³-hybridized carbons (Fsp3) is 0.941. The molecule has 0 spiro atoms. The molecule has 122 valence electrons. The quantitative estimate of drug-likeness (QED) is 0.650. The van der Waals surface area contributed by atoms with E-state index in [1.54, 1.807) is 0 Å². The van der Waals surface area contributed by atoms with E-state index >= 15 is 0 Å². The van der Waals surface area contributed by atoms with Crippen LogP contribution in [0.4, 0.5) is 0 Å². The molecule has 2 aliphatic carbocycles. The first-order valence-electron chi connectivity index (χ1n) is 8.57. The monoisotopic (exact) mass is 296 g/mol. The molecule has 2 rings (SSSR count). The van der Waals surface area contributed by atoms with Crippen molar-refractivity contribution < 1.29 is 9.90 Å². The van der Waals surface area contributed by atoms with Crippen molar-refractivity contribution in [2.24, 2.45) is 17.8 Å². The predicted molar refractivity (Wildman–Crippen MR) is 85.4 cm³/mol. The summed E-state index contributed by atoms with van der Waals surface area (Å²) in [5.74, 6) is 0.803.